The Morgan fingerprint density at radius 3 is 2.44 bits per heavy atom. The molecule has 0 aromatic heterocycles. The third kappa shape index (κ3) is 2.89. The minimum Gasteiger partial charge on any atom is -0.381 e. The number of hydrogen-bond acceptors (Lipinski definition) is 3. The van der Waals surface area contributed by atoms with Gasteiger partial charge in [-0.3, -0.25) is 0 Å². The Bertz CT molecular complexity index is 249. The molecule has 3 fully saturated rings. The second-order valence-corrected chi connectivity index (χ2v) is 6.48. The Hall–Kier alpha value is -0.120. The van der Waals surface area contributed by atoms with Crippen molar-refractivity contribution in [1.29, 1.82) is 0 Å². The molecule has 0 spiro atoms. The zero-order valence-electron chi connectivity index (χ0n) is 11.7. The van der Waals surface area contributed by atoms with Crippen LogP contribution in [0.2, 0.25) is 0 Å². The van der Waals surface area contributed by atoms with Crippen LogP contribution in [-0.4, -0.2) is 49.3 Å². The topological polar surface area (TPSA) is 24.5 Å². The maximum atomic E-state index is 5.56. The number of nitrogens with zero attached hydrogens (tertiary/aromatic N) is 1. The van der Waals surface area contributed by atoms with E-state index in [1.807, 2.05) is 0 Å². The highest BCUT2D eigenvalue weighted by molar-refractivity contribution is 4.94. The van der Waals surface area contributed by atoms with Crippen LogP contribution in [-0.2, 0) is 4.74 Å². The van der Waals surface area contributed by atoms with E-state index in [1.54, 1.807) is 0 Å². The molecule has 1 N–H and O–H groups in total. The molecule has 3 saturated heterocycles. The highest BCUT2D eigenvalue weighted by Gasteiger charge is 2.36. The van der Waals surface area contributed by atoms with Gasteiger partial charge < -0.3 is 15.0 Å². The van der Waals surface area contributed by atoms with Crippen LogP contribution >= 0.6 is 0 Å². The highest BCUT2D eigenvalue weighted by atomic mass is 16.5. The fraction of sp³-hybridized carbons (Fsp3) is 1.00. The van der Waals surface area contributed by atoms with Crippen LogP contribution in [0.1, 0.15) is 51.4 Å². The second-order valence-electron chi connectivity index (χ2n) is 6.48. The number of rotatable bonds is 2. The molecule has 0 aromatic carbocycles. The lowest BCUT2D eigenvalue weighted by Gasteiger charge is -2.48. The first kappa shape index (κ1) is 12.9. The van der Waals surface area contributed by atoms with Crippen LogP contribution in [0.5, 0.6) is 0 Å². The Morgan fingerprint density at radius 2 is 1.67 bits per heavy atom. The van der Waals surface area contributed by atoms with Crippen molar-refractivity contribution in [2.45, 2.75) is 75.5 Å². The third-order valence-corrected chi connectivity index (χ3v) is 5.26. The molecular formula is C15H28N2O. The van der Waals surface area contributed by atoms with Gasteiger partial charge in [-0.05, 0) is 52.0 Å². The van der Waals surface area contributed by atoms with Gasteiger partial charge in [0.1, 0.15) is 0 Å². The predicted octanol–water partition coefficient (Wildman–Crippen LogP) is 2.16. The lowest BCUT2D eigenvalue weighted by Crippen LogP contribution is -2.55. The molecule has 0 amide bonds. The molecule has 104 valence electrons. The molecule has 2 bridgehead atoms. The van der Waals surface area contributed by atoms with Crippen molar-refractivity contribution >= 4 is 0 Å². The minimum atomic E-state index is 0.710. The molecule has 0 aromatic rings. The van der Waals surface area contributed by atoms with E-state index in [2.05, 4.69) is 17.3 Å². The van der Waals surface area contributed by atoms with E-state index in [9.17, 15) is 0 Å². The van der Waals surface area contributed by atoms with Crippen LogP contribution in [0, 0.1) is 0 Å². The molecule has 3 heterocycles. The normalized spacial score (nSPS) is 42.5. The van der Waals surface area contributed by atoms with E-state index in [4.69, 9.17) is 4.74 Å². The van der Waals surface area contributed by atoms with Crippen LogP contribution in [0.15, 0.2) is 0 Å². The fourth-order valence-corrected chi connectivity index (χ4v) is 4.16. The molecule has 3 aliphatic rings. The minimum absolute atomic E-state index is 0.710. The first-order valence-corrected chi connectivity index (χ1v) is 7.88. The Kier molecular flexibility index (Phi) is 4.22. The molecule has 18 heavy (non-hydrogen) atoms. The van der Waals surface area contributed by atoms with Gasteiger partial charge in [-0.2, -0.15) is 0 Å². The summed E-state index contributed by atoms with van der Waals surface area (Å²) in [4.78, 5) is 2.65. The maximum Gasteiger partial charge on any atom is 0.0480 e. The zero-order valence-corrected chi connectivity index (χ0v) is 11.7. The Morgan fingerprint density at radius 1 is 0.889 bits per heavy atom. The lowest BCUT2D eigenvalue weighted by molar-refractivity contribution is 0.0450. The summed E-state index contributed by atoms with van der Waals surface area (Å²) in [5.74, 6) is 0. The van der Waals surface area contributed by atoms with Crippen molar-refractivity contribution in [3.05, 3.63) is 0 Å². The van der Waals surface area contributed by atoms with Gasteiger partial charge >= 0.3 is 0 Å². The number of hydrogen-bond donors (Lipinski definition) is 1. The van der Waals surface area contributed by atoms with Crippen molar-refractivity contribution in [1.82, 2.24) is 10.2 Å². The van der Waals surface area contributed by atoms with E-state index >= 15 is 0 Å². The summed E-state index contributed by atoms with van der Waals surface area (Å²) in [6.45, 7) is 1.92. The van der Waals surface area contributed by atoms with E-state index in [0.717, 1.165) is 31.3 Å². The molecule has 3 unspecified atom stereocenters. The van der Waals surface area contributed by atoms with E-state index in [-0.39, 0.29) is 0 Å². The van der Waals surface area contributed by atoms with E-state index < -0.39 is 0 Å². The predicted molar refractivity (Wildman–Crippen MR) is 73.8 cm³/mol. The van der Waals surface area contributed by atoms with Crippen LogP contribution in [0.4, 0.5) is 0 Å². The highest BCUT2D eigenvalue weighted by Crippen LogP contribution is 2.33. The van der Waals surface area contributed by atoms with Gasteiger partial charge in [-0.15, -0.1) is 0 Å². The van der Waals surface area contributed by atoms with Gasteiger partial charge in [0.2, 0.25) is 0 Å². The number of piperidine rings is 2. The van der Waals surface area contributed by atoms with Crippen molar-refractivity contribution < 1.29 is 4.74 Å². The monoisotopic (exact) mass is 252 g/mol. The zero-order chi connectivity index (χ0) is 12.4. The molecule has 3 atom stereocenters. The standard InChI is InChI=1S/C15H28N2O/c1-17-14-5-2-6-15(17)11-13(10-14)16-12-4-3-8-18-9-7-12/h12-16H,2-11H2,1H3. The molecular weight excluding hydrogens is 224 g/mol. The smallest absolute Gasteiger partial charge is 0.0480 e. The quantitative estimate of drug-likeness (QED) is 0.815. The van der Waals surface area contributed by atoms with E-state index in [1.165, 1.54) is 51.4 Å². The van der Waals surface area contributed by atoms with Gasteiger partial charge in [0.15, 0.2) is 0 Å². The number of fused-ring (bicyclic) bond motifs is 2. The lowest BCUT2D eigenvalue weighted by atomic mass is 9.82. The summed E-state index contributed by atoms with van der Waals surface area (Å²) < 4.78 is 5.56. The largest absolute Gasteiger partial charge is 0.381 e. The Labute approximate surface area is 111 Å². The fourth-order valence-electron chi connectivity index (χ4n) is 4.16. The summed E-state index contributed by atoms with van der Waals surface area (Å²) in [7, 11) is 2.34. The molecule has 3 nitrogen and oxygen atoms in total. The molecule has 0 radical (unpaired) electrons. The average molecular weight is 252 g/mol. The molecule has 0 aliphatic carbocycles. The number of ether oxygens (including phenoxy) is 1. The SMILES string of the molecule is CN1C2CCCC1CC(NC1CCCOCC1)C2. The summed E-state index contributed by atoms with van der Waals surface area (Å²) in [6, 6.07) is 3.16. The van der Waals surface area contributed by atoms with Crippen molar-refractivity contribution in [3.8, 4) is 0 Å². The van der Waals surface area contributed by atoms with Gasteiger partial charge in [-0.25, -0.2) is 0 Å². The molecule has 3 heteroatoms. The van der Waals surface area contributed by atoms with E-state index in [0.29, 0.717) is 6.04 Å². The van der Waals surface area contributed by atoms with Gasteiger partial charge in [0.25, 0.3) is 0 Å². The first-order valence-electron chi connectivity index (χ1n) is 7.88. The van der Waals surface area contributed by atoms with Gasteiger partial charge in [0, 0.05) is 37.4 Å². The summed E-state index contributed by atoms with van der Waals surface area (Å²) in [5.41, 5.74) is 0. The summed E-state index contributed by atoms with van der Waals surface area (Å²) in [6.07, 6.45) is 10.8. The van der Waals surface area contributed by atoms with Crippen LogP contribution < -0.4 is 5.32 Å². The summed E-state index contributed by atoms with van der Waals surface area (Å²) in [5, 5.41) is 3.94. The molecule has 3 rings (SSSR count). The van der Waals surface area contributed by atoms with Crippen molar-refractivity contribution in [3.63, 3.8) is 0 Å². The Balaban J connectivity index is 1.54. The average Bonchev–Trinajstić information content (AvgIpc) is 2.59. The second kappa shape index (κ2) is 5.89. The molecule has 3 aliphatic heterocycles. The number of nitrogens with one attached hydrogen (secondary N) is 1. The first-order chi connectivity index (χ1) is 8.83. The van der Waals surface area contributed by atoms with Gasteiger partial charge in [-0.1, -0.05) is 6.42 Å². The third-order valence-electron chi connectivity index (χ3n) is 5.26. The van der Waals surface area contributed by atoms with Crippen LogP contribution in [0.25, 0.3) is 0 Å². The van der Waals surface area contributed by atoms with Crippen molar-refractivity contribution in [2.75, 3.05) is 20.3 Å². The maximum absolute atomic E-state index is 5.56. The van der Waals surface area contributed by atoms with Gasteiger partial charge in [0.05, 0.1) is 0 Å². The van der Waals surface area contributed by atoms with Crippen LogP contribution in [0.3, 0.4) is 0 Å². The van der Waals surface area contributed by atoms with Crippen molar-refractivity contribution in [2.24, 2.45) is 0 Å². The summed E-state index contributed by atoms with van der Waals surface area (Å²) >= 11 is 0. The molecule has 0 saturated carbocycles.